The molecule has 0 atom stereocenters. The monoisotopic (exact) mass is 248 g/mol. The maximum Gasteiger partial charge on any atom is 0.119 e. The average molecular weight is 248 g/mol. The lowest BCUT2D eigenvalue weighted by Gasteiger charge is -2.08. The van der Waals surface area contributed by atoms with Crippen LogP contribution in [0.3, 0.4) is 0 Å². The third-order valence-corrected chi connectivity index (χ3v) is 3.38. The molecule has 0 spiro atoms. The van der Waals surface area contributed by atoms with Gasteiger partial charge in [-0.15, -0.1) is 6.42 Å². The van der Waals surface area contributed by atoms with E-state index >= 15 is 0 Å². The predicted molar refractivity (Wildman–Crippen MR) is 78.0 cm³/mol. The van der Waals surface area contributed by atoms with E-state index in [4.69, 9.17) is 11.2 Å². The highest BCUT2D eigenvalue weighted by Gasteiger charge is 2.21. The van der Waals surface area contributed by atoms with Crippen LogP contribution >= 0.6 is 0 Å². The van der Waals surface area contributed by atoms with Gasteiger partial charge in [-0.2, -0.15) is 0 Å². The molecule has 94 valence electrons. The summed E-state index contributed by atoms with van der Waals surface area (Å²) in [6, 6.07) is 16.2. The van der Waals surface area contributed by atoms with Crippen LogP contribution in [0, 0.1) is 18.3 Å². The van der Waals surface area contributed by atoms with Gasteiger partial charge in [-0.1, -0.05) is 30.2 Å². The molecule has 0 aliphatic heterocycles. The molecule has 0 amide bonds. The molecule has 0 unspecified atom stereocenters. The topological polar surface area (TPSA) is 9.23 Å². The Morgan fingerprint density at radius 3 is 2.53 bits per heavy atom. The second-order valence-electron chi connectivity index (χ2n) is 5.01. The van der Waals surface area contributed by atoms with Crippen LogP contribution in [0.2, 0.25) is 0 Å². The molecule has 1 saturated carbocycles. The van der Waals surface area contributed by atoms with E-state index in [0.717, 1.165) is 35.0 Å². The molecule has 0 bridgehead atoms. The molecule has 0 saturated heterocycles. The second-order valence-corrected chi connectivity index (χ2v) is 5.01. The highest BCUT2D eigenvalue weighted by Crippen LogP contribution is 2.30. The number of hydrogen-bond donors (Lipinski definition) is 0. The second kappa shape index (κ2) is 5.20. The van der Waals surface area contributed by atoms with Gasteiger partial charge in [0.1, 0.15) is 5.75 Å². The smallest absolute Gasteiger partial charge is 0.119 e. The van der Waals surface area contributed by atoms with Gasteiger partial charge in [-0.05, 0) is 54.2 Å². The Morgan fingerprint density at radius 2 is 1.79 bits per heavy atom. The Bertz CT molecular complexity index is 618. The Kier molecular flexibility index (Phi) is 3.25. The first-order valence-corrected chi connectivity index (χ1v) is 6.65. The van der Waals surface area contributed by atoms with Gasteiger partial charge in [0.15, 0.2) is 0 Å². The number of benzene rings is 2. The summed E-state index contributed by atoms with van der Waals surface area (Å²) in [6.07, 6.45) is 8.06. The van der Waals surface area contributed by atoms with E-state index < -0.39 is 0 Å². The van der Waals surface area contributed by atoms with Crippen molar-refractivity contribution in [2.75, 3.05) is 6.61 Å². The molecule has 0 aromatic heterocycles. The maximum atomic E-state index is 5.81. The van der Waals surface area contributed by atoms with Crippen LogP contribution in [0.1, 0.15) is 18.4 Å². The van der Waals surface area contributed by atoms with E-state index in [2.05, 4.69) is 24.1 Å². The standard InChI is InChI=1S/C18H16O/c1-2-14-5-3-6-16(11-14)17-7-4-8-18(12-17)19-13-15-9-10-15/h1,3-8,11-12,15H,9-10,13H2. The summed E-state index contributed by atoms with van der Waals surface area (Å²) >= 11 is 0. The van der Waals surface area contributed by atoms with E-state index in [-0.39, 0.29) is 0 Å². The van der Waals surface area contributed by atoms with Gasteiger partial charge < -0.3 is 4.74 Å². The molecule has 1 nitrogen and oxygen atoms in total. The molecule has 1 aliphatic rings. The van der Waals surface area contributed by atoms with E-state index in [0.29, 0.717) is 0 Å². The minimum absolute atomic E-state index is 0.772. The minimum atomic E-state index is 0.772. The summed E-state index contributed by atoms with van der Waals surface area (Å²) in [5.74, 6) is 4.38. The summed E-state index contributed by atoms with van der Waals surface area (Å²) in [5, 5.41) is 0. The van der Waals surface area contributed by atoms with Gasteiger partial charge in [0.25, 0.3) is 0 Å². The molecule has 1 fully saturated rings. The van der Waals surface area contributed by atoms with Crippen molar-refractivity contribution in [2.24, 2.45) is 5.92 Å². The third kappa shape index (κ3) is 2.98. The van der Waals surface area contributed by atoms with Crippen LogP contribution in [-0.4, -0.2) is 6.61 Å². The molecule has 3 rings (SSSR count). The van der Waals surface area contributed by atoms with Crippen molar-refractivity contribution < 1.29 is 4.74 Å². The van der Waals surface area contributed by atoms with Crippen molar-refractivity contribution in [3.63, 3.8) is 0 Å². The SMILES string of the molecule is C#Cc1cccc(-c2cccc(OCC3CC3)c2)c1. The summed E-state index contributed by atoms with van der Waals surface area (Å²) in [4.78, 5) is 0. The van der Waals surface area contributed by atoms with E-state index in [9.17, 15) is 0 Å². The lowest BCUT2D eigenvalue weighted by Crippen LogP contribution is -1.98. The fourth-order valence-electron chi connectivity index (χ4n) is 2.05. The lowest BCUT2D eigenvalue weighted by molar-refractivity contribution is 0.300. The molecule has 0 N–H and O–H groups in total. The fourth-order valence-corrected chi connectivity index (χ4v) is 2.05. The van der Waals surface area contributed by atoms with Crippen LogP contribution in [0.5, 0.6) is 5.75 Å². The highest BCUT2D eigenvalue weighted by molar-refractivity contribution is 5.66. The molecule has 1 heteroatoms. The number of hydrogen-bond acceptors (Lipinski definition) is 1. The van der Waals surface area contributed by atoms with Crippen molar-refractivity contribution in [3.8, 4) is 29.2 Å². The largest absolute Gasteiger partial charge is 0.493 e. The Hall–Kier alpha value is -2.20. The van der Waals surface area contributed by atoms with E-state index in [1.165, 1.54) is 12.8 Å². The average Bonchev–Trinajstić information content (AvgIpc) is 3.30. The van der Waals surface area contributed by atoms with Crippen molar-refractivity contribution in [2.45, 2.75) is 12.8 Å². The van der Waals surface area contributed by atoms with Crippen molar-refractivity contribution >= 4 is 0 Å². The third-order valence-electron chi connectivity index (χ3n) is 3.38. The van der Waals surface area contributed by atoms with Gasteiger partial charge in [-0.3, -0.25) is 0 Å². The lowest BCUT2D eigenvalue weighted by atomic mass is 10.0. The zero-order valence-corrected chi connectivity index (χ0v) is 10.8. The first kappa shape index (κ1) is 11.9. The Labute approximate surface area is 114 Å². The first-order chi connectivity index (χ1) is 9.35. The van der Waals surface area contributed by atoms with Crippen LogP contribution in [-0.2, 0) is 0 Å². The number of rotatable bonds is 4. The first-order valence-electron chi connectivity index (χ1n) is 6.65. The Balaban J connectivity index is 1.82. The summed E-state index contributed by atoms with van der Waals surface area (Å²) in [6.45, 7) is 0.841. The molecule has 1 aliphatic carbocycles. The van der Waals surface area contributed by atoms with Gasteiger partial charge in [-0.25, -0.2) is 0 Å². The van der Waals surface area contributed by atoms with Crippen LogP contribution < -0.4 is 4.74 Å². The minimum Gasteiger partial charge on any atom is -0.493 e. The molecular formula is C18H16O. The summed E-state index contributed by atoms with van der Waals surface area (Å²) in [5.41, 5.74) is 3.18. The van der Waals surface area contributed by atoms with Crippen LogP contribution in [0.25, 0.3) is 11.1 Å². The molecule has 0 radical (unpaired) electrons. The summed E-state index contributed by atoms with van der Waals surface area (Å²) < 4.78 is 5.81. The summed E-state index contributed by atoms with van der Waals surface area (Å²) in [7, 11) is 0. The normalized spacial score (nSPS) is 13.8. The van der Waals surface area contributed by atoms with Gasteiger partial charge in [0.05, 0.1) is 6.61 Å². The van der Waals surface area contributed by atoms with Gasteiger partial charge in [0.2, 0.25) is 0 Å². The fraction of sp³-hybridized carbons (Fsp3) is 0.222. The van der Waals surface area contributed by atoms with Crippen LogP contribution in [0.15, 0.2) is 48.5 Å². The van der Waals surface area contributed by atoms with Crippen molar-refractivity contribution in [1.82, 2.24) is 0 Å². The number of ether oxygens (including phenoxy) is 1. The zero-order chi connectivity index (χ0) is 13.1. The predicted octanol–water partition coefficient (Wildman–Crippen LogP) is 4.12. The molecule has 2 aromatic carbocycles. The quantitative estimate of drug-likeness (QED) is 0.739. The van der Waals surface area contributed by atoms with E-state index in [1.54, 1.807) is 0 Å². The van der Waals surface area contributed by atoms with Crippen LogP contribution in [0.4, 0.5) is 0 Å². The number of terminal acetylenes is 1. The van der Waals surface area contributed by atoms with Crippen molar-refractivity contribution in [1.29, 1.82) is 0 Å². The van der Waals surface area contributed by atoms with E-state index in [1.807, 2.05) is 30.3 Å². The van der Waals surface area contributed by atoms with Crippen molar-refractivity contribution in [3.05, 3.63) is 54.1 Å². The molecular weight excluding hydrogens is 232 g/mol. The highest BCUT2D eigenvalue weighted by atomic mass is 16.5. The molecule has 0 heterocycles. The molecule has 19 heavy (non-hydrogen) atoms. The zero-order valence-electron chi connectivity index (χ0n) is 10.8. The van der Waals surface area contributed by atoms with Gasteiger partial charge >= 0.3 is 0 Å². The Morgan fingerprint density at radius 1 is 1.05 bits per heavy atom. The molecule has 2 aromatic rings. The van der Waals surface area contributed by atoms with Gasteiger partial charge in [0, 0.05) is 5.56 Å². The maximum absolute atomic E-state index is 5.81.